The van der Waals surface area contributed by atoms with E-state index in [1.165, 1.54) is 7.05 Å². The molecule has 1 aliphatic heterocycles. The SMILES string of the molecule is Cc1ccc(-c2ccc(Cl)cc2)cc1C1=C(OC(=O)OCC(C)C)C(C)(C)ON(C)C1=O. The maximum atomic E-state index is 13.2. The van der Waals surface area contributed by atoms with Crippen molar-refractivity contribution in [2.45, 2.75) is 40.2 Å². The molecule has 1 heterocycles. The number of hydrogen-bond donors (Lipinski definition) is 0. The van der Waals surface area contributed by atoms with Gasteiger partial charge >= 0.3 is 6.16 Å². The average molecular weight is 458 g/mol. The first kappa shape index (κ1) is 23.8. The van der Waals surface area contributed by atoms with E-state index in [-0.39, 0.29) is 23.9 Å². The Bertz CT molecular complexity index is 1060. The fourth-order valence-electron chi connectivity index (χ4n) is 3.45. The molecule has 0 bridgehead atoms. The van der Waals surface area contributed by atoms with Crippen LogP contribution in [0.4, 0.5) is 4.79 Å². The molecular formula is C25H28ClNO5. The lowest BCUT2D eigenvalue weighted by molar-refractivity contribution is -0.219. The van der Waals surface area contributed by atoms with E-state index < -0.39 is 17.7 Å². The number of amides is 1. The predicted molar refractivity (Wildman–Crippen MR) is 124 cm³/mol. The Morgan fingerprint density at radius 1 is 1.12 bits per heavy atom. The summed E-state index contributed by atoms with van der Waals surface area (Å²) in [7, 11) is 1.54. The number of hydroxylamine groups is 2. The number of carbonyl (C=O) groups is 2. The van der Waals surface area contributed by atoms with Gasteiger partial charge in [0.25, 0.3) is 5.91 Å². The minimum Gasteiger partial charge on any atom is -0.434 e. The summed E-state index contributed by atoms with van der Waals surface area (Å²) in [6.07, 6.45) is -0.869. The van der Waals surface area contributed by atoms with Crippen LogP contribution >= 0.6 is 11.6 Å². The number of hydrogen-bond acceptors (Lipinski definition) is 5. The van der Waals surface area contributed by atoms with Crippen molar-refractivity contribution < 1.29 is 23.9 Å². The topological polar surface area (TPSA) is 65.1 Å². The maximum absolute atomic E-state index is 13.2. The van der Waals surface area contributed by atoms with Crippen molar-refractivity contribution in [2.24, 2.45) is 5.92 Å². The van der Waals surface area contributed by atoms with E-state index in [1.807, 2.05) is 63.2 Å². The molecule has 0 atom stereocenters. The van der Waals surface area contributed by atoms with Gasteiger partial charge in [0, 0.05) is 12.1 Å². The lowest BCUT2D eigenvalue weighted by atomic mass is 9.89. The standard InChI is InChI=1S/C25H28ClNO5/c1-15(2)14-30-24(29)31-22-21(23(28)27(6)32-25(22,4)5)20-13-18(8-7-16(20)3)17-9-11-19(26)12-10-17/h7-13,15H,14H2,1-6H3. The van der Waals surface area contributed by atoms with E-state index in [9.17, 15) is 9.59 Å². The van der Waals surface area contributed by atoms with Crippen LogP contribution in [0.25, 0.3) is 16.7 Å². The molecule has 7 heteroatoms. The summed E-state index contributed by atoms with van der Waals surface area (Å²) in [5.74, 6) is -0.143. The molecule has 3 rings (SSSR count). The summed E-state index contributed by atoms with van der Waals surface area (Å²) in [5, 5.41) is 1.80. The van der Waals surface area contributed by atoms with Crippen LogP contribution in [0.3, 0.4) is 0 Å². The molecule has 32 heavy (non-hydrogen) atoms. The maximum Gasteiger partial charge on any atom is 0.513 e. The molecule has 0 saturated carbocycles. The molecule has 0 spiro atoms. The highest BCUT2D eigenvalue weighted by Crippen LogP contribution is 2.39. The Labute approximate surface area is 193 Å². The molecular weight excluding hydrogens is 430 g/mol. The molecule has 2 aromatic rings. The summed E-state index contributed by atoms with van der Waals surface area (Å²) >= 11 is 6.02. The number of carbonyl (C=O) groups excluding carboxylic acids is 2. The minimum absolute atomic E-state index is 0.116. The summed E-state index contributed by atoms with van der Waals surface area (Å²) in [6, 6.07) is 13.2. The molecule has 0 saturated heterocycles. The molecule has 2 aromatic carbocycles. The summed E-state index contributed by atoms with van der Waals surface area (Å²) in [4.78, 5) is 31.3. The Balaban J connectivity index is 2.13. The molecule has 0 N–H and O–H groups in total. The first-order valence-corrected chi connectivity index (χ1v) is 10.8. The molecule has 0 fully saturated rings. The van der Waals surface area contributed by atoms with Gasteiger partial charge in [-0.25, -0.2) is 9.86 Å². The van der Waals surface area contributed by atoms with Gasteiger partial charge in [-0.15, -0.1) is 0 Å². The van der Waals surface area contributed by atoms with E-state index >= 15 is 0 Å². The second-order valence-corrected chi connectivity index (χ2v) is 9.14. The molecule has 6 nitrogen and oxygen atoms in total. The molecule has 170 valence electrons. The fourth-order valence-corrected chi connectivity index (χ4v) is 3.58. The van der Waals surface area contributed by atoms with Crippen LogP contribution in [0.2, 0.25) is 5.02 Å². The molecule has 0 radical (unpaired) electrons. The van der Waals surface area contributed by atoms with Crippen molar-refractivity contribution in [3.05, 3.63) is 64.4 Å². The Hall–Kier alpha value is -2.83. The molecule has 1 aliphatic rings. The van der Waals surface area contributed by atoms with Crippen LogP contribution in [0.1, 0.15) is 38.8 Å². The van der Waals surface area contributed by atoms with Crippen molar-refractivity contribution in [1.82, 2.24) is 5.06 Å². The van der Waals surface area contributed by atoms with Gasteiger partial charge in [-0.05, 0) is 67.1 Å². The summed E-state index contributed by atoms with van der Waals surface area (Å²) in [5.41, 5.74) is 2.54. The predicted octanol–water partition coefficient (Wildman–Crippen LogP) is 6.02. The van der Waals surface area contributed by atoms with Gasteiger partial charge in [-0.2, -0.15) is 0 Å². The van der Waals surface area contributed by atoms with E-state index in [1.54, 1.807) is 13.8 Å². The van der Waals surface area contributed by atoms with Gasteiger partial charge in [-0.3, -0.25) is 9.63 Å². The average Bonchev–Trinajstić information content (AvgIpc) is 2.72. The molecule has 1 amide bonds. The van der Waals surface area contributed by atoms with Crippen LogP contribution < -0.4 is 0 Å². The van der Waals surface area contributed by atoms with Crippen molar-refractivity contribution in [3.8, 4) is 11.1 Å². The number of likely N-dealkylation sites (N-methyl/N-ethyl adjacent to an activating group) is 1. The van der Waals surface area contributed by atoms with Gasteiger partial charge in [0.2, 0.25) is 0 Å². The number of halogens is 1. The van der Waals surface area contributed by atoms with Crippen molar-refractivity contribution >= 4 is 29.2 Å². The lowest BCUT2D eigenvalue weighted by Crippen LogP contribution is -2.46. The third-order valence-electron chi connectivity index (χ3n) is 5.04. The number of rotatable bonds is 5. The zero-order valence-corrected chi connectivity index (χ0v) is 19.9. The molecule has 0 unspecified atom stereocenters. The first-order valence-electron chi connectivity index (χ1n) is 10.4. The third-order valence-corrected chi connectivity index (χ3v) is 5.30. The number of benzene rings is 2. The minimum atomic E-state index is -1.07. The largest absolute Gasteiger partial charge is 0.513 e. The third kappa shape index (κ3) is 5.14. The zero-order chi connectivity index (χ0) is 23.6. The Morgan fingerprint density at radius 3 is 2.38 bits per heavy atom. The smallest absolute Gasteiger partial charge is 0.434 e. The van der Waals surface area contributed by atoms with Gasteiger partial charge in [0.1, 0.15) is 5.60 Å². The van der Waals surface area contributed by atoms with Gasteiger partial charge < -0.3 is 9.47 Å². The zero-order valence-electron chi connectivity index (χ0n) is 19.2. The molecule has 0 aliphatic carbocycles. The highest BCUT2D eigenvalue weighted by Gasteiger charge is 2.43. The Morgan fingerprint density at radius 2 is 1.75 bits per heavy atom. The van der Waals surface area contributed by atoms with Crippen LogP contribution in [0.15, 0.2) is 48.2 Å². The highest BCUT2D eigenvalue weighted by atomic mass is 35.5. The summed E-state index contributed by atoms with van der Waals surface area (Å²) < 4.78 is 10.8. The van der Waals surface area contributed by atoms with E-state index in [0.717, 1.165) is 21.8 Å². The monoisotopic (exact) mass is 457 g/mol. The first-order chi connectivity index (χ1) is 15.0. The highest BCUT2D eigenvalue weighted by molar-refractivity contribution is 6.30. The van der Waals surface area contributed by atoms with Crippen LogP contribution in [0, 0.1) is 12.8 Å². The summed E-state index contributed by atoms with van der Waals surface area (Å²) in [6.45, 7) is 9.43. The number of nitrogens with zero attached hydrogens (tertiary/aromatic N) is 1. The Kier molecular flexibility index (Phi) is 6.96. The van der Waals surface area contributed by atoms with E-state index in [2.05, 4.69) is 0 Å². The van der Waals surface area contributed by atoms with Crippen molar-refractivity contribution in [2.75, 3.05) is 13.7 Å². The lowest BCUT2D eigenvalue weighted by Gasteiger charge is -2.37. The number of aryl methyl sites for hydroxylation is 1. The fraction of sp³-hybridized carbons (Fsp3) is 0.360. The van der Waals surface area contributed by atoms with Gasteiger partial charge in [-0.1, -0.05) is 49.7 Å². The van der Waals surface area contributed by atoms with Crippen LogP contribution in [0.5, 0.6) is 0 Å². The van der Waals surface area contributed by atoms with Crippen LogP contribution in [-0.2, 0) is 19.1 Å². The van der Waals surface area contributed by atoms with Crippen molar-refractivity contribution in [1.29, 1.82) is 0 Å². The second kappa shape index (κ2) is 9.35. The quantitative estimate of drug-likeness (QED) is 0.514. The van der Waals surface area contributed by atoms with Gasteiger partial charge in [0.05, 0.1) is 12.2 Å². The normalized spacial score (nSPS) is 15.9. The number of ether oxygens (including phenoxy) is 2. The second-order valence-electron chi connectivity index (χ2n) is 8.70. The van der Waals surface area contributed by atoms with Crippen LogP contribution in [-0.4, -0.2) is 36.4 Å². The van der Waals surface area contributed by atoms with E-state index in [0.29, 0.717) is 10.6 Å². The molecule has 0 aromatic heterocycles. The van der Waals surface area contributed by atoms with Gasteiger partial charge in [0.15, 0.2) is 5.76 Å². The van der Waals surface area contributed by atoms with Crippen molar-refractivity contribution in [3.63, 3.8) is 0 Å². The van der Waals surface area contributed by atoms with E-state index in [4.69, 9.17) is 25.9 Å².